The molecule has 2 atom stereocenters. The van der Waals surface area contributed by atoms with Crippen LogP contribution >= 0.6 is 0 Å². The number of allylic oxidation sites excluding steroid dienone is 8. The lowest BCUT2D eigenvalue weighted by Gasteiger charge is -2.42. The monoisotopic (exact) mass is 576 g/mol. The van der Waals surface area contributed by atoms with Crippen LogP contribution in [-0.2, 0) is 18.4 Å². The van der Waals surface area contributed by atoms with E-state index in [9.17, 15) is 4.79 Å². The van der Waals surface area contributed by atoms with Crippen LogP contribution < -0.4 is 0 Å². The Morgan fingerprint density at radius 1 is 0.795 bits per heavy atom. The molecule has 2 unspecified atom stereocenters. The molecule has 0 aliphatic heterocycles. The molecule has 0 radical (unpaired) electrons. The third-order valence-electron chi connectivity index (χ3n) is 7.81. The smallest absolute Gasteiger partial charge is 0.330 e. The Bertz CT molecular complexity index is 922. The summed E-state index contributed by atoms with van der Waals surface area (Å²) in [5, 5.41) is 0.349. The minimum atomic E-state index is -1.92. The molecule has 0 N–H and O–H groups in total. The molecule has 0 saturated carbocycles. The maximum Gasteiger partial charge on any atom is 0.330 e. The molecule has 0 aromatic carbocycles. The summed E-state index contributed by atoms with van der Waals surface area (Å²) in [6, 6.07) is 0. The molecule has 0 bridgehead atoms. The number of esters is 1. The van der Waals surface area contributed by atoms with Crippen molar-refractivity contribution in [3.05, 3.63) is 59.3 Å². The van der Waals surface area contributed by atoms with E-state index in [1.807, 2.05) is 13.0 Å². The predicted octanol–water partition coefficient (Wildman–Crippen LogP) is 10.1. The second-order valence-corrected chi connectivity index (χ2v) is 23.4. The van der Waals surface area contributed by atoms with Crippen LogP contribution in [0.1, 0.15) is 89.0 Å². The van der Waals surface area contributed by atoms with Gasteiger partial charge in [0.1, 0.15) is 0 Å². The van der Waals surface area contributed by atoms with E-state index in [2.05, 4.69) is 113 Å². The Kier molecular flexibility index (Phi) is 15.5. The van der Waals surface area contributed by atoms with Crippen molar-refractivity contribution in [2.75, 3.05) is 6.61 Å². The van der Waals surface area contributed by atoms with Gasteiger partial charge in [0, 0.05) is 12.2 Å². The lowest BCUT2D eigenvalue weighted by atomic mass is 10.1. The normalized spacial score (nSPS) is 16.7. The van der Waals surface area contributed by atoms with Crippen LogP contribution in [0.5, 0.6) is 0 Å². The van der Waals surface area contributed by atoms with Crippen LogP contribution in [0.25, 0.3) is 0 Å². The first kappa shape index (κ1) is 37.5. The first-order valence-corrected chi connectivity index (χ1v) is 20.3. The van der Waals surface area contributed by atoms with Crippen molar-refractivity contribution in [3.8, 4) is 0 Å². The Balaban J connectivity index is 5.53. The minimum Gasteiger partial charge on any atom is -0.463 e. The Hall–Kier alpha value is -1.48. The van der Waals surface area contributed by atoms with Crippen molar-refractivity contribution in [1.29, 1.82) is 0 Å². The highest BCUT2D eigenvalue weighted by atomic mass is 28.4. The quantitative estimate of drug-likeness (QED) is 0.0893. The van der Waals surface area contributed by atoms with Crippen LogP contribution in [0.3, 0.4) is 0 Å². The molecule has 6 heteroatoms. The van der Waals surface area contributed by atoms with Gasteiger partial charge in [0.25, 0.3) is 0 Å². The SMILES string of the molecule is CCOC(=O)/C=C/C(C)=C/C(C)=C/C=C/C(C)=C/CC(CC(C)O[Si](C)(C)C(C)(C)C)O[Si](C)(C)C(C)(C)C. The van der Waals surface area contributed by atoms with E-state index >= 15 is 0 Å². The van der Waals surface area contributed by atoms with Gasteiger partial charge in [-0.25, -0.2) is 4.79 Å². The second-order valence-electron chi connectivity index (χ2n) is 13.9. The van der Waals surface area contributed by atoms with Crippen LogP contribution in [0.2, 0.25) is 36.3 Å². The zero-order chi connectivity index (χ0) is 30.7. The molecule has 0 fully saturated rings. The minimum absolute atomic E-state index is 0.128. The lowest BCUT2D eigenvalue weighted by molar-refractivity contribution is -0.137. The summed E-state index contributed by atoms with van der Waals surface area (Å²) in [5.74, 6) is -0.315. The first-order valence-electron chi connectivity index (χ1n) is 14.5. The van der Waals surface area contributed by atoms with Gasteiger partial charge in [0.15, 0.2) is 16.6 Å². The van der Waals surface area contributed by atoms with Crippen molar-refractivity contribution < 1.29 is 18.4 Å². The first-order chi connectivity index (χ1) is 17.6. The molecular formula is C33H60O4Si2. The van der Waals surface area contributed by atoms with E-state index in [0.717, 1.165) is 24.0 Å². The highest BCUT2D eigenvalue weighted by Gasteiger charge is 2.41. The highest BCUT2D eigenvalue weighted by molar-refractivity contribution is 6.74. The number of ether oxygens (including phenoxy) is 1. The Morgan fingerprint density at radius 3 is 1.85 bits per heavy atom. The van der Waals surface area contributed by atoms with E-state index in [-0.39, 0.29) is 28.3 Å². The van der Waals surface area contributed by atoms with Crippen molar-refractivity contribution in [3.63, 3.8) is 0 Å². The van der Waals surface area contributed by atoms with Crippen LogP contribution in [0.15, 0.2) is 59.3 Å². The van der Waals surface area contributed by atoms with Crippen LogP contribution in [0, 0.1) is 0 Å². The van der Waals surface area contributed by atoms with Gasteiger partial charge in [0.05, 0.1) is 12.7 Å². The maximum atomic E-state index is 11.5. The van der Waals surface area contributed by atoms with Crippen molar-refractivity contribution in [1.82, 2.24) is 0 Å². The third-order valence-corrected chi connectivity index (χ3v) is 16.9. The fourth-order valence-corrected chi connectivity index (χ4v) is 6.30. The number of hydrogen-bond acceptors (Lipinski definition) is 4. The number of carbonyl (C=O) groups is 1. The van der Waals surface area contributed by atoms with Gasteiger partial charge >= 0.3 is 5.97 Å². The fourth-order valence-electron chi connectivity index (χ4n) is 3.47. The fraction of sp³-hybridized carbons (Fsp3) is 0.667. The molecular weight excluding hydrogens is 517 g/mol. The summed E-state index contributed by atoms with van der Waals surface area (Å²) in [6.45, 7) is 33.7. The molecule has 0 aliphatic carbocycles. The van der Waals surface area contributed by atoms with Gasteiger partial charge in [-0.05, 0) is 83.7 Å². The van der Waals surface area contributed by atoms with Gasteiger partial charge < -0.3 is 13.6 Å². The average Bonchev–Trinajstić information content (AvgIpc) is 2.74. The molecule has 0 aromatic rings. The summed E-state index contributed by atoms with van der Waals surface area (Å²) < 4.78 is 18.5. The molecule has 4 nitrogen and oxygen atoms in total. The van der Waals surface area contributed by atoms with E-state index in [1.165, 1.54) is 11.6 Å². The van der Waals surface area contributed by atoms with Gasteiger partial charge in [-0.15, -0.1) is 0 Å². The zero-order valence-corrected chi connectivity index (χ0v) is 30.0. The summed E-state index contributed by atoms with van der Waals surface area (Å²) in [5.41, 5.74) is 3.32. The molecule has 0 aliphatic rings. The van der Waals surface area contributed by atoms with Gasteiger partial charge in [0.2, 0.25) is 0 Å². The topological polar surface area (TPSA) is 44.8 Å². The van der Waals surface area contributed by atoms with E-state index < -0.39 is 16.6 Å². The molecule has 0 amide bonds. The van der Waals surface area contributed by atoms with Gasteiger partial charge in [-0.3, -0.25) is 0 Å². The lowest BCUT2D eigenvalue weighted by Crippen LogP contribution is -2.46. The largest absolute Gasteiger partial charge is 0.463 e. The Labute approximate surface area is 243 Å². The van der Waals surface area contributed by atoms with Gasteiger partial charge in [-0.2, -0.15) is 0 Å². The number of hydrogen-bond donors (Lipinski definition) is 0. The van der Waals surface area contributed by atoms with Crippen molar-refractivity contribution in [2.24, 2.45) is 0 Å². The number of carbonyl (C=O) groups excluding carboxylic acids is 1. The second kappa shape index (κ2) is 16.1. The summed E-state index contributed by atoms with van der Waals surface area (Å²) in [6.07, 6.45) is 15.9. The summed E-state index contributed by atoms with van der Waals surface area (Å²) >= 11 is 0. The van der Waals surface area contributed by atoms with E-state index in [4.69, 9.17) is 13.6 Å². The molecule has 0 aromatic heterocycles. The van der Waals surface area contributed by atoms with E-state index in [1.54, 1.807) is 13.0 Å². The molecule has 0 saturated heterocycles. The predicted molar refractivity (Wildman–Crippen MR) is 175 cm³/mol. The standard InChI is InChI=1S/C33H60O4Si2/c1-16-35-31(34)23-21-28(4)24-27(3)19-17-18-26(2)20-22-30(37-39(14,15)33(9,10)11)25-29(5)36-38(12,13)32(6,7)8/h17-21,23-24,29-30H,16,22,25H2,1-15H3/b18-17+,23-21+,26-20+,27-19+,28-24+. The highest BCUT2D eigenvalue weighted by Crippen LogP contribution is 2.40. The number of rotatable bonds is 14. The third kappa shape index (κ3) is 15.2. The molecule has 0 heterocycles. The Morgan fingerprint density at radius 2 is 1.33 bits per heavy atom. The van der Waals surface area contributed by atoms with Crippen molar-refractivity contribution in [2.45, 2.75) is 137 Å². The average molecular weight is 577 g/mol. The zero-order valence-electron chi connectivity index (χ0n) is 28.0. The van der Waals surface area contributed by atoms with Crippen LogP contribution in [0.4, 0.5) is 0 Å². The molecule has 224 valence electrons. The van der Waals surface area contributed by atoms with E-state index in [0.29, 0.717) is 6.61 Å². The maximum absolute atomic E-state index is 11.5. The summed E-state index contributed by atoms with van der Waals surface area (Å²) in [4.78, 5) is 11.5. The molecule has 0 spiro atoms. The van der Waals surface area contributed by atoms with Crippen LogP contribution in [-0.4, -0.2) is 41.4 Å². The molecule has 39 heavy (non-hydrogen) atoms. The molecule has 0 rings (SSSR count). The van der Waals surface area contributed by atoms with Gasteiger partial charge in [-0.1, -0.05) is 94.7 Å². The summed E-state index contributed by atoms with van der Waals surface area (Å²) in [7, 11) is -3.76. The van der Waals surface area contributed by atoms with Crippen molar-refractivity contribution >= 4 is 22.6 Å².